The summed E-state index contributed by atoms with van der Waals surface area (Å²) in [6, 6.07) is 1.60. The van der Waals surface area contributed by atoms with E-state index in [4.69, 9.17) is 9.84 Å². The van der Waals surface area contributed by atoms with Gasteiger partial charge in [0.05, 0.1) is 6.61 Å². The van der Waals surface area contributed by atoms with E-state index < -0.39 is 36.8 Å². The first-order valence-electron chi connectivity index (χ1n) is 7.04. The summed E-state index contributed by atoms with van der Waals surface area (Å²) < 4.78 is 6.40. The molecule has 0 unspecified atom stereocenters. The van der Waals surface area contributed by atoms with Crippen LogP contribution in [0.15, 0.2) is 17.1 Å². The van der Waals surface area contributed by atoms with Crippen LogP contribution in [0.3, 0.4) is 0 Å². The number of aromatic nitrogens is 2. The van der Waals surface area contributed by atoms with Crippen molar-refractivity contribution in [2.75, 3.05) is 18.5 Å². The number of ether oxygens (including phenoxy) is 1. The van der Waals surface area contributed by atoms with Crippen LogP contribution in [0.2, 0.25) is 0 Å². The number of rotatable bonds is 6. The van der Waals surface area contributed by atoms with Gasteiger partial charge >= 0.3 is 5.69 Å². The van der Waals surface area contributed by atoms with E-state index in [1.165, 1.54) is 6.20 Å². The molecule has 1 fully saturated rings. The Labute approximate surface area is 122 Å². The first-order valence-corrected chi connectivity index (χ1v) is 7.04. The maximum Gasteiger partial charge on any atom is 0.351 e. The Bertz CT molecular complexity index is 521. The zero-order chi connectivity index (χ0) is 15.4. The number of aliphatic hydroxyl groups excluding tert-OH is 3. The molecule has 0 bridgehead atoms. The molecule has 2 rings (SSSR count). The molecule has 4 N–H and O–H groups in total. The van der Waals surface area contributed by atoms with Crippen LogP contribution < -0.4 is 11.0 Å². The molecule has 0 aliphatic carbocycles. The molecule has 4 atom stereocenters. The molecule has 0 spiro atoms. The van der Waals surface area contributed by atoms with Gasteiger partial charge in [-0.25, -0.2) is 4.79 Å². The standard InChI is InChI=1S/C13H21N3O5/c1-2-3-5-14-9-4-6-16(13(20)15-9)12-11(19)10(18)8(7-17)21-12/h4,6,8,10-12,17-19H,2-3,5,7H2,1H3,(H,14,15,20)/t8-,10-,11-,12-/m1/s1. The highest BCUT2D eigenvalue weighted by molar-refractivity contribution is 5.31. The molecule has 0 amide bonds. The molecule has 21 heavy (non-hydrogen) atoms. The second kappa shape index (κ2) is 6.99. The highest BCUT2D eigenvalue weighted by Gasteiger charge is 2.43. The topological polar surface area (TPSA) is 117 Å². The van der Waals surface area contributed by atoms with Crippen LogP contribution in [-0.2, 0) is 4.74 Å². The van der Waals surface area contributed by atoms with Crippen molar-refractivity contribution in [1.82, 2.24) is 9.55 Å². The second-order valence-corrected chi connectivity index (χ2v) is 5.01. The van der Waals surface area contributed by atoms with Gasteiger partial charge in [-0.05, 0) is 12.5 Å². The van der Waals surface area contributed by atoms with Crippen molar-refractivity contribution in [3.05, 3.63) is 22.7 Å². The Morgan fingerprint density at radius 1 is 1.43 bits per heavy atom. The van der Waals surface area contributed by atoms with E-state index >= 15 is 0 Å². The van der Waals surface area contributed by atoms with Crippen LogP contribution in [0, 0.1) is 0 Å². The second-order valence-electron chi connectivity index (χ2n) is 5.01. The van der Waals surface area contributed by atoms with Crippen LogP contribution in [0.1, 0.15) is 26.0 Å². The summed E-state index contributed by atoms with van der Waals surface area (Å²) in [4.78, 5) is 15.8. The van der Waals surface area contributed by atoms with Crippen LogP contribution in [0.5, 0.6) is 0 Å². The molecular weight excluding hydrogens is 278 g/mol. The molecule has 8 heteroatoms. The fourth-order valence-corrected chi connectivity index (χ4v) is 2.21. The molecule has 118 valence electrons. The van der Waals surface area contributed by atoms with Crippen molar-refractivity contribution in [2.24, 2.45) is 0 Å². The van der Waals surface area contributed by atoms with E-state index in [1.54, 1.807) is 6.07 Å². The van der Waals surface area contributed by atoms with Gasteiger partial charge in [-0.2, -0.15) is 4.98 Å². The first kappa shape index (κ1) is 15.9. The molecule has 1 aromatic heterocycles. The molecule has 1 aromatic rings. The Morgan fingerprint density at radius 2 is 2.19 bits per heavy atom. The average molecular weight is 299 g/mol. The molecule has 0 saturated carbocycles. The maximum absolute atomic E-state index is 12.0. The Morgan fingerprint density at radius 3 is 2.76 bits per heavy atom. The third kappa shape index (κ3) is 3.41. The van der Waals surface area contributed by atoms with Gasteiger partial charge in [-0.15, -0.1) is 0 Å². The van der Waals surface area contributed by atoms with E-state index in [1.807, 2.05) is 0 Å². The van der Waals surface area contributed by atoms with E-state index in [-0.39, 0.29) is 0 Å². The minimum absolute atomic E-state index is 0.437. The quantitative estimate of drug-likeness (QED) is 0.501. The predicted molar refractivity (Wildman–Crippen MR) is 74.9 cm³/mol. The SMILES string of the molecule is CCCCNc1ccn([C@@H]2O[C@H](CO)[C@@H](O)[C@H]2O)c(=O)n1. The lowest BCUT2D eigenvalue weighted by Gasteiger charge is -2.17. The smallest absolute Gasteiger partial charge is 0.351 e. The van der Waals surface area contributed by atoms with Gasteiger partial charge in [0.1, 0.15) is 24.1 Å². The molecular formula is C13H21N3O5. The van der Waals surface area contributed by atoms with Gasteiger partial charge in [0.2, 0.25) is 0 Å². The predicted octanol–water partition coefficient (Wildman–Crippen LogP) is -0.933. The fraction of sp³-hybridized carbons (Fsp3) is 0.692. The molecule has 0 aromatic carbocycles. The maximum atomic E-state index is 12.0. The van der Waals surface area contributed by atoms with Crippen molar-refractivity contribution >= 4 is 5.82 Å². The van der Waals surface area contributed by atoms with E-state index in [0.717, 1.165) is 24.0 Å². The van der Waals surface area contributed by atoms with Crippen LogP contribution in [0.25, 0.3) is 0 Å². The van der Waals surface area contributed by atoms with Crippen molar-refractivity contribution in [1.29, 1.82) is 0 Å². The highest BCUT2D eigenvalue weighted by atomic mass is 16.6. The van der Waals surface area contributed by atoms with Crippen LogP contribution in [-0.4, -0.2) is 56.3 Å². The van der Waals surface area contributed by atoms with Crippen LogP contribution >= 0.6 is 0 Å². The number of unbranched alkanes of at least 4 members (excludes halogenated alkanes) is 1. The number of aliphatic hydroxyl groups is 3. The molecule has 2 heterocycles. The minimum atomic E-state index is -1.29. The molecule has 8 nitrogen and oxygen atoms in total. The number of hydrogen-bond donors (Lipinski definition) is 4. The van der Waals surface area contributed by atoms with Gasteiger partial charge in [-0.3, -0.25) is 4.57 Å². The summed E-state index contributed by atoms with van der Waals surface area (Å²) in [5.41, 5.74) is -0.591. The summed E-state index contributed by atoms with van der Waals surface area (Å²) in [5.74, 6) is 0.455. The third-order valence-electron chi connectivity index (χ3n) is 3.46. The van der Waals surface area contributed by atoms with Crippen molar-refractivity contribution in [3.8, 4) is 0 Å². The number of anilines is 1. The van der Waals surface area contributed by atoms with Crippen LogP contribution in [0.4, 0.5) is 5.82 Å². The third-order valence-corrected chi connectivity index (χ3v) is 3.46. The number of nitrogens with one attached hydrogen (secondary N) is 1. The van der Waals surface area contributed by atoms with Gasteiger partial charge in [-0.1, -0.05) is 13.3 Å². The van der Waals surface area contributed by atoms with E-state index in [9.17, 15) is 15.0 Å². The fourth-order valence-electron chi connectivity index (χ4n) is 2.21. The zero-order valence-corrected chi connectivity index (χ0v) is 11.8. The number of nitrogens with zero attached hydrogens (tertiary/aromatic N) is 2. The van der Waals surface area contributed by atoms with Gasteiger partial charge in [0.25, 0.3) is 0 Å². The lowest BCUT2D eigenvalue weighted by molar-refractivity contribution is -0.0549. The first-order chi connectivity index (χ1) is 10.1. The minimum Gasteiger partial charge on any atom is -0.394 e. The largest absolute Gasteiger partial charge is 0.394 e. The summed E-state index contributed by atoms with van der Waals surface area (Å²) in [6.45, 7) is 2.35. The lowest BCUT2D eigenvalue weighted by atomic mass is 10.1. The van der Waals surface area contributed by atoms with Crippen molar-refractivity contribution in [2.45, 2.75) is 44.3 Å². The van der Waals surface area contributed by atoms with Gasteiger partial charge < -0.3 is 25.4 Å². The van der Waals surface area contributed by atoms with E-state index in [0.29, 0.717) is 5.82 Å². The van der Waals surface area contributed by atoms with Crippen molar-refractivity contribution in [3.63, 3.8) is 0 Å². The van der Waals surface area contributed by atoms with Crippen molar-refractivity contribution < 1.29 is 20.1 Å². The molecule has 1 saturated heterocycles. The lowest BCUT2D eigenvalue weighted by Crippen LogP contribution is -2.36. The van der Waals surface area contributed by atoms with Gasteiger partial charge in [0, 0.05) is 12.7 Å². The normalized spacial score (nSPS) is 28.8. The monoisotopic (exact) mass is 299 g/mol. The summed E-state index contributed by atoms with van der Waals surface area (Å²) in [5, 5.41) is 31.7. The molecule has 1 aliphatic heterocycles. The summed E-state index contributed by atoms with van der Waals surface area (Å²) in [6.07, 6.45) is -1.05. The highest BCUT2D eigenvalue weighted by Crippen LogP contribution is 2.28. The Balaban J connectivity index is 2.12. The number of hydrogen-bond acceptors (Lipinski definition) is 7. The molecule has 1 aliphatic rings. The summed E-state index contributed by atoms with van der Waals surface area (Å²) >= 11 is 0. The average Bonchev–Trinajstić information content (AvgIpc) is 2.76. The Kier molecular flexibility index (Phi) is 5.29. The molecule has 0 radical (unpaired) electrons. The zero-order valence-electron chi connectivity index (χ0n) is 11.8. The summed E-state index contributed by atoms with van der Waals surface area (Å²) in [7, 11) is 0. The Hall–Kier alpha value is -1.48. The van der Waals surface area contributed by atoms with E-state index in [2.05, 4.69) is 17.2 Å². The van der Waals surface area contributed by atoms with Gasteiger partial charge in [0.15, 0.2) is 6.23 Å².